The topological polar surface area (TPSA) is 63.2 Å². The van der Waals surface area contributed by atoms with Crippen molar-refractivity contribution >= 4 is 40.8 Å². The second-order valence-corrected chi connectivity index (χ2v) is 5.39. The number of para-hydroxylation sites is 1. The zero-order valence-corrected chi connectivity index (χ0v) is 14.1. The fourth-order valence-electron chi connectivity index (χ4n) is 1.87. The van der Waals surface area contributed by atoms with Gasteiger partial charge in [0.15, 0.2) is 0 Å². The van der Waals surface area contributed by atoms with E-state index >= 15 is 0 Å². The molecule has 0 amide bonds. The third-order valence-corrected chi connectivity index (χ3v) is 3.62. The van der Waals surface area contributed by atoms with Crippen molar-refractivity contribution in [3.8, 4) is 0 Å². The number of methoxy groups -OCH3 is 1. The summed E-state index contributed by atoms with van der Waals surface area (Å²) in [7, 11) is 1.33. The molecule has 0 saturated heterocycles. The molecule has 0 unspecified atom stereocenters. The van der Waals surface area contributed by atoms with Crippen LogP contribution in [0.15, 0.2) is 35.3 Å². The lowest BCUT2D eigenvalue weighted by Gasteiger charge is -2.21. The average molecular weight is 358 g/mol. The zero-order valence-electron chi connectivity index (χ0n) is 12.6. The number of carbonyl (C=O) groups is 1. The van der Waals surface area contributed by atoms with Crippen LogP contribution >= 0.6 is 23.2 Å². The lowest BCUT2D eigenvalue weighted by molar-refractivity contribution is -0.134. The SMILES string of the molecule is COC(=O)/C=C/CCON1CCN=C1Nc1c(Cl)cccc1Cl. The Bertz CT molecular complexity index is 600. The molecule has 6 nitrogen and oxygen atoms in total. The molecule has 0 saturated carbocycles. The van der Waals surface area contributed by atoms with E-state index in [2.05, 4.69) is 15.0 Å². The first-order valence-corrected chi connectivity index (χ1v) is 7.78. The molecule has 1 N–H and O–H groups in total. The highest BCUT2D eigenvalue weighted by Crippen LogP contribution is 2.30. The van der Waals surface area contributed by atoms with E-state index in [0.29, 0.717) is 47.8 Å². The zero-order chi connectivity index (χ0) is 16.7. The lowest BCUT2D eigenvalue weighted by Crippen LogP contribution is -2.33. The number of hydrogen-bond acceptors (Lipinski definition) is 6. The van der Waals surface area contributed by atoms with Gasteiger partial charge in [-0.15, -0.1) is 0 Å². The minimum Gasteiger partial charge on any atom is -0.466 e. The molecule has 0 aromatic heterocycles. The fourth-order valence-corrected chi connectivity index (χ4v) is 2.36. The predicted octanol–water partition coefficient (Wildman–Crippen LogP) is 3.13. The van der Waals surface area contributed by atoms with Gasteiger partial charge in [-0.3, -0.25) is 4.84 Å². The van der Waals surface area contributed by atoms with Gasteiger partial charge in [0.25, 0.3) is 0 Å². The maximum atomic E-state index is 10.9. The molecule has 2 rings (SSSR count). The standard InChI is InChI=1S/C15H17Cl2N3O3/c1-22-13(21)7-2-3-10-23-20-9-8-18-15(20)19-14-11(16)5-4-6-12(14)17/h2,4-7H,3,8-10H2,1H3,(H,18,19)/b7-2+. The van der Waals surface area contributed by atoms with Crippen LogP contribution in [0.2, 0.25) is 10.0 Å². The van der Waals surface area contributed by atoms with E-state index in [1.165, 1.54) is 13.2 Å². The van der Waals surface area contributed by atoms with Crippen LogP contribution in [-0.2, 0) is 14.4 Å². The Hall–Kier alpha value is -1.76. The van der Waals surface area contributed by atoms with Gasteiger partial charge in [-0.1, -0.05) is 35.3 Å². The summed E-state index contributed by atoms with van der Waals surface area (Å²) < 4.78 is 4.50. The second kappa shape index (κ2) is 8.76. The Morgan fingerprint density at radius 3 is 2.87 bits per heavy atom. The van der Waals surface area contributed by atoms with Gasteiger partial charge in [-0.05, 0) is 18.6 Å². The number of esters is 1. The van der Waals surface area contributed by atoms with Gasteiger partial charge in [0, 0.05) is 6.08 Å². The van der Waals surface area contributed by atoms with Crippen molar-refractivity contribution < 1.29 is 14.4 Å². The maximum Gasteiger partial charge on any atom is 0.330 e. The van der Waals surface area contributed by atoms with Crippen molar-refractivity contribution in [2.75, 3.05) is 32.1 Å². The van der Waals surface area contributed by atoms with Crippen LogP contribution in [0.1, 0.15) is 6.42 Å². The molecule has 1 aromatic rings. The first-order chi connectivity index (χ1) is 11.1. The number of nitrogens with one attached hydrogen (secondary N) is 1. The highest BCUT2D eigenvalue weighted by molar-refractivity contribution is 6.39. The molecule has 124 valence electrons. The fraction of sp³-hybridized carbons (Fsp3) is 0.333. The number of rotatable bonds is 6. The molecule has 23 heavy (non-hydrogen) atoms. The number of halogens is 2. The van der Waals surface area contributed by atoms with Gasteiger partial charge < -0.3 is 10.1 Å². The molecule has 1 heterocycles. The summed E-state index contributed by atoms with van der Waals surface area (Å²) in [6.07, 6.45) is 3.63. The third-order valence-electron chi connectivity index (χ3n) is 2.99. The van der Waals surface area contributed by atoms with E-state index in [0.717, 1.165) is 0 Å². The highest BCUT2D eigenvalue weighted by Gasteiger charge is 2.19. The summed E-state index contributed by atoms with van der Waals surface area (Å²) in [6.45, 7) is 1.65. The van der Waals surface area contributed by atoms with Crippen molar-refractivity contribution in [2.24, 2.45) is 4.99 Å². The molecule has 0 spiro atoms. The number of ether oxygens (including phenoxy) is 1. The van der Waals surface area contributed by atoms with Crippen molar-refractivity contribution in [3.05, 3.63) is 40.4 Å². The maximum absolute atomic E-state index is 10.9. The van der Waals surface area contributed by atoms with Crippen LogP contribution in [0.5, 0.6) is 0 Å². The molecule has 0 aliphatic carbocycles. The van der Waals surface area contributed by atoms with Crippen molar-refractivity contribution in [2.45, 2.75) is 6.42 Å². The van der Waals surface area contributed by atoms with Gasteiger partial charge in [0.2, 0.25) is 5.96 Å². The van der Waals surface area contributed by atoms with E-state index in [-0.39, 0.29) is 5.97 Å². The Labute approximate surface area is 144 Å². The van der Waals surface area contributed by atoms with E-state index in [1.807, 2.05) is 0 Å². The van der Waals surface area contributed by atoms with Gasteiger partial charge >= 0.3 is 5.97 Å². The summed E-state index contributed by atoms with van der Waals surface area (Å²) in [5.74, 6) is 0.167. The normalized spacial score (nSPS) is 14.2. The first kappa shape index (κ1) is 17.6. The minimum atomic E-state index is -0.386. The molecule has 1 aliphatic rings. The monoisotopic (exact) mass is 357 g/mol. The smallest absolute Gasteiger partial charge is 0.330 e. The second-order valence-electron chi connectivity index (χ2n) is 4.58. The molecular weight excluding hydrogens is 341 g/mol. The molecule has 0 fully saturated rings. The van der Waals surface area contributed by atoms with E-state index in [1.54, 1.807) is 29.3 Å². The van der Waals surface area contributed by atoms with Gasteiger partial charge in [0.1, 0.15) is 0 Å². The molecule has 0 radical (unpaired) electrons. The summed E-state index contributed by atoms with van der Waals surface area (Å²) >= 11 is 12.3. The highest BCUT2D eigenvalue weighted by atomic mass is 35.5. The Morgan fingerprint density at radius 2 is 2.17 bits per heavy atom. The number of carbonyl (C=O) groups excluding carboxylic acids is 1. The van der Waals surface area contributed by atoms with Gasteiger partial charge in [0.05, 0.1) is 42.5 Å². The van der Waals surface area contributed by atoms with E-state index < -0.39 is 0 Å². The molecule has 8 heteroatoms. The van der Waals surface area contributed by atoms with Crippen LogP contribution in [0.25, 0.3) is 0 Å². The van der Waals surface area contributed by atoms with Crippen LogP contribution in [0.4, 0.5) is 5.69 Å². The third kappa shape index (κ3) is 5.13. The Balaban J connectivity index is 1.86. The van der Waals surface area contributed by atoms with Crippen molar-refractivity contribution in [1.29, 1.82) is 0 Å². The number of benzene rings is 1. The number of anilines is 1. The van der Waals surface area contributed by atoms with Crippen LogP contribution in [0.3, 0.4) is 0 Å². The summed E-state index contributed by atoms with van der Waals surface area (Å²) in [5.41, 5.74) is 0.593. The molecule has 1 aliphatic heterocycles. The Kier molecular flexibility index (Phi) is 6.70. The summed E-state index contributed by atoms with van der Waals surface area (Å²) in [6, 6.07) is 5.26. The summed E-state index contributed by atoms with van der Waals surface area (Å²) in [4.78, 5) is 20.9. The minimum absolute atomic E-state index is 0.386. The van der Waals surface area contributed by atoms with Crippen LogP contribution in [-0.4, -0.2) is 43.8 Å². The first-order valence-electron chi connectivity index (χ1n) is 7.02. The molecule has 0 atom stereocenters. The number of aliphatic imine (C=N–C) groups is 1. The van der Waals surface area contributed by atoms with E-state index in [9.17, 15) is 4.79 Å². The van der Waals surface area contributed by atoms with Crippen LogP contribution < -0.4 is 5.32 Å². The lowest BCUT2D eigenvalue weighted by atomic mass is 10.3. The number of hydrogen-bond donors (Lipinski definition) is 1. The average Bonchev–Trinajstić information content (AvgIpc) is 2.97. The quantitative estimate of drug-likeness (QED) is 0.481. The van der Waals surface area contributed by atoms with Gasteiger partial charge in [-0.25, -0.2) is 14.9 Å². The largest absolute Gasteiger partial charge is 0.466 e. The van der Waals surface area contributed by atoms with Crippen molar-refractivity contribution in [1.82, 2.24) is 5.06 Å². The number of nitrogens with zero attached hydrogens (tertiary/aromatic N) is 2. The van der Waals surface area contributed by atoms with E-state index in [4.69, 9.17) is 28.0 Å². The van der Waals surface area contributed by atoms with Gasteiger partial charge in [-0.2, -0.15) is 0 Å². The predicted molar refractivity (Wildman–Crippen MR) is 90.8 cm³/mol. The summed E-state index contributed by atoms with van der Waals surface area (Å²) in [5, 5.41) is 5.75. The molecule has 1 aromatic carbocycles. The molecular formula is C15H17Cl2N3O3. The van der Waals surface area contributed by atoms with Crippen molar-refractivity contribution in [3.63, 3.8) is 0 Å². The Morgan fingerprint density at radius 1 is 1.43 bits per heavy atom. The number of guanidine groups is 1. The number of hydroxylamine groups is 2. The van der Waals surface area contributed by atoms with Crippen LogP contribution in [0, 0.1) is 0 Å². The molecule has 0 bridgehead atoms.